The first-order valence-corrected chi connectivity index (χ1v) is 10.9. The molecular weight excluding hydrogens is 466 g/mol. The maximum absolute atomic E-state index is 10.9. The highest BCUT2D eigenvalue weighted by molar-refractivity contribution is 7.80. The largest absolute Gasteiger partial charge is 0.462 e. The Kier molecular flexibility index (Phi) is 7.16. The third-order valence-corrected chi connectivity index (χ3v) is 5.94. The number of benzene rings is 2. The highest BCUT2D eigenvalue weighted by atomic mass is 32.1. The van der Waals surface area contributed by atoms with E-state index in [1.54, 1.807) is 36.4 Å². The molecular formula is C22H23N3O8S. The van der Waals surface area contributed by atoms with Gasteiger partial charge >= 0.3 is 0 Å². The van der Waals surface area contributed by atoms with Gasteiger partial charge in [0.15, 0.2) is 5.11 Å². The second kappa shape index (κ2) is 10.1. The minimum absolute atomic E-state index is 0.00557. The number of hydrogen-bond donors (Lipinski definition) is 5. The molecule has 34 heavy (non-hydrogen) atoms. The van der Waals surface area contributed by atoms with E-state index in [0.717, 1.165) is 11.1 Å². The van der Waals surface area contributed by atoms with Crippen LogP contribution in [0.15, 0.2) is 53.5 Å². The summed E-state index contributed by atoms with van der Waals surface area (Å²) in [6.07, 6.45) is -6.36. The van der Waals surface area contributed by atoms with Crippen LogP contribution in [0.3, 0.4) is 0 Å². The van der Waals surface area contributed by atoms with E-state index in [-0.39, 0.29) is 11.7 Å². The average molecular weight is 490 g/mol. The number of rotatable bonds is 6. The number of thiocarbonyl (C=S) groups is 1. The molecule has 1 saturated heterocycles. The third-order valence-electron chi connectivity index (χ3n) is 5.73. The van der Waals surface area contributed by atoms with Crippen molar-refractivity contribution < 1.29 is 34.8 Å². The van der Waals surface area contributed by atoms with Gasteiger partial charge in [-0.1, -0.05) is 12.1 Å². The summed E-state index contributed by atoms with van der Waals surface area (Å²) in [7, 11) is 0. The van der Waals surface area contributed by atoms with Gasteiger partial charge in [-0.25, -0.2) is 4.99 Å². The van der Waals surface area contributed by atoms with E-state index in [4.69, 9.17) is 21.7 Å². The zero-order chi connectivity index (χ0) is 24.4. The van der Waals surface area contributed by atoms with E-state index in [9.17, 15) is 30.5 Å². The first-order chi connectivity index (χ1) is 16.3. The molecule has 4 rings (SSSR count). The van der Waals surface area contributed by atoms with Crippen molar-refractivity contribution in [2.24, 2.45) is 4.99 Å². The van der Waals surface area contributed by atoms with Crippen molar-refractivity contribution in [3.05, 3.63) is 69.8 Å². The molecule has 1 unspecified atom stereocenters. The second-order valence-electron chi connectivity index (χ2n) is 7.95. The van der Waals surface area contributed by atoms with E-state index in [1.807, 2.05) is 0 Å². The summed E-state index contributed by atoms with van der Waals surface area (Å²) in [6, 6.07) is 12.8. The molecule has 0 amide bonds. The van der Waals surface area contributed by atoms with Crippen molar-refractivity contribution in [3.63, 3.8) is 0 Å². The van der Waals surface area contributed by atoms with E-state index in [0.29, 0.717) is 23.0 Å². The summed E-state index contributed by atoms with van der Waals surface area (Å²) in [5, 5.41) is 53.5. The van der Waals surface area contributed by atoms with Gasteiger partial charge in [0, 0.05) is 18.6 Å². The monoisotopic (exact) mass is 489 g/mol. The van der Waals surface area contributed by atoms with Crippen molar-refractivity contribution in [2.45, 2.75) is 43.2 Å². The molecule has 12 heteroatoms. The highest BCUT2D eigenvalue weighted by Crippen LogP contribution is 2.28. The van der Waals surface area contributed by atoms with Crippen molar-refractivity contribution >= 4 is 28.7 Å². The molecule has 0 aliphatic carbocycles. The SMILES string of the molecule is O=[N+]([O-])c1ccc(C2CC(c3ccc(O[C@@H]4O[C@H](CO)[C@@H](O)[C@H](O)[C@H]4O)cc3)=NC(=S)N2)cc1. The smallest absolute Gasteiger partial charge is 0.269 e. The molecule has 1 fully saturated rings. The highest BCUT2D eigenvalue weighted by Gasteiger charge is 2.44. The van der Waals surface area contributed by atoms with Gasteiger partial charge in [-0.15, -0.1) is 0 Å². The predicted octanol–water partition coefficient (Wildman–Crippen LogP) is 0.582. The Hall–Kier alpha value is -3.00. The Balaban J connectivity index is 1.45. The van der Waals surface area contributed by atoms with Crippen molar-refractivity contribution in [3.8, 4) is 5.75 Å². The zero-order valence-electron chi connectivity index (χ0n) is 17.7. The number of nitro benzene ring substituents is 1. The Bertz CT molecular complexity index is 1080. The molecule has 2 aliphatic rings. The van der Waals surface area contributed by atoms with Gasteiger partial charge in [0.1, 0.15) is 30.2 Å². The Morgan fingerprint density at radius 2 is 1.76 bits per heavy atom. The lowest BCUT2D eigenvalue weighted by Gasteiger charge is -2.39. The van der Waals surface area contributed by atoms with Crippen LogP contribution in [0.5, 0.6) is 5.75 Å². The van der Waals surface area contributed by atoms with E-state index >= 15 is 0 Å². The first-order valence-electron chi connectivity index (χ1n) is 10.5. The fourth-order valence-electron chi connectivity index (χ4n) is 3.83. The van der Waals surface area contributed by atoms with Crippen LogP contribution >= 0.6 is 12.2 Å². The average Bonchev–Trinajstić information content (AvgIpc) is 2.84. The van der Waals surface area contributed by atoms with Crippen molar-refractivity contribution in [1.29, 1.82) is 0 Å². The maximum Gasteiger partial charge on any atom is 0.269 e. The molecule has 0 radical (unpaired) electrons. The molecule has 2 aliphatic heterocycles. The fourth-order valence-corrected chi connectivity index (χ4v) is 4.08. The Labute approximate surface area is 199 Å². The zero-order valence-corrected chi connectivity index (χ0v) is 18.5. The second-order valence-corrected chi connectivity index (χ2v) is 8.34. The number of nitrogens with one attached hydrogen (secondary N) is 1. The summed E-state index contributed by atoms with van der Waals surface area (Å²) < 4.78 is 11.0. The molecule has 11 nitrogen and oxygen atoms in total. The minimum atomic E-state index is -1.53. The molecule has 2 heterocycles. The van der Waals surface area contributed by atoms with Crippen LogP contribution in [0.2, 0.25) is 0 Å². The molecule has 0 aromatic heterocycles. The number of nitrogens with zero attached hydrogens (tertiary/aromatic N) is 2. The number of ether oxygens (including phenoxy) is 2. The first kappa shape index (κ1) is 24.1. The number of hydrogen-bond acceptors (Lipinski definition) is 9. The minimum Gasteiger partial charge on any atom is -0.462 e. The van der Waals surface area contributed by atoms with Gasteiger partial charge in [-0.3, -0.25) is 10.1 Å². The lowest BCUT2D eigenvalue weighted by Crippen LogP contribution is -2.60. The standard InChI is InChI=1S/C22H23N3O8S/c26-10-17-18(27)19(28)20(29)21(33-17)32-14-7-3-12(4-8-14)16-9-15(23-22(34)24-16)11-1-5-13(6-2-11)25(30)31/h1-8,15,17-21,26-29H,9-10H2,(H,23,34)/t15?,17-,18-,19+,20-,21-/m1/s1. The third kappa shape index (κ3) is 5.06. The van der Waals surface area contributed by atoms with Crippen LogP contribution in [-0.4, -0.2) is 73.5 Å². The van der Waals surface area contributed by atoms with Crippen molar-refractivity contribution in [1.82, 2.24) is 5.32 Å². The van der Waals surface area contributed by atoms with E-state index in [2.05, 4.69) is 10.3 Å². The summed E-state index contributed by atoms with van der Waals surface area (Å²) >= 11 is 5.28. The number of non-ortho nitro benzene ring substituents is 1. The van der Waals surface area contributed by atoms with E-state index in [1.165, 1.54) is 12.1 Å². The van der Waals surface area contributed by atoms with Crippen LogP contribution in [0.25, 0.3) is 0 Å². The lowest BCUT2D eigenvalue weighted by atomic mass is 9.96. The molecule has 5 N–H and O–H groups in total. The summed E-state index contributed by atoms with van der Waals surface area (Å²) in [5.74, 6) is 0.331. The molecule has 6 atom stereocenters. The van der Waals surface area contributed by atoms with E-state index < -0.39 is 42.2 Å². The van der Waals surface area contributed by atoms with Gasteiger partial charge in [-0.05, 0) is 47.6 Å². The molecule has 0 spiro atoms. The van der Waals surface area contributed by atoms with Gasteiger partial charge in [0.05, 0.1) is 23.3 Å². The quantitative estimate of drug-likeness (QED) is 0.220. The molecule has 180 valence electrons. The molecule has 2 aromatic carbocycles. The summed E-state index contributed by atoms with van der Waals surface area (Å²) in [6.45, 7) is -0.548. The van der Waals surface area contributed by atoms with Crippen LogP contribution < -0.4 is 10.1 Å². The normalized spacial score (nSPS) is 29.2. The Morgan fingerprint density at radius 1 is 1.09 bits per heavy atom. The van der Waals surface area contributed by atoms with Crippen LogP contribution in [0, 0.1) is 10.1 Å². The molecule has 2 aromatic rings. The van der Waals surface area contributed by atoms with Gasteiger partial charge in [-0.2, -0.15) is 0 Å². The molecule has 0 bridgehead atoms. The predicted molar refractivity (Wildman–Crippen MR) is 124 cm³/mol. The van der Waals surface area contributed by atoms with Crippen LogP contribution in [0.1, 0.15) is 23.6 Å². The topological polar surface area (TPSA) is 167 Å². The van der Waals surface area contributed by atoms with Crippen LogP contribution in [0.4, 0.5) is 5.69 Å². The number of aliphatic hydroxyl groups excluding tert-OH is 4. The number of nitro groups is 1. The number of aliphatic imine (C=N–C) groups is 1. The van der Waals surface area contributed by atoms with Gasteiger partial charge in [0.25, 0.3) is 5.69 Å². The Morgan fingerprint density at radius 3 is 2.38 bits per heavy atom. The molecule has 0 saturated carbocycles. The van der Waals surface area contributed by atoms with Crippen molar-refractivity contribution in [2.75, 3.05) is 6.61 Å². The summed E-state index contributed by atoms with van der Waals surface area (Å²) in [5.41, 5.74) is 2.33. The summed E-state index contributed by atoms with van der Waals surface area (Å²) in [4.78, 5) is 14.8. The van der Waals surface area contributed by atoms with Gasteiger partial charge in [0.2, 0.25) is 6.29 Å². The fraction of sp³-hybridized carbons (Fsp3) is 0.364. The lowest BCUT2D eigenvalue weighted by molar-refractivity contribution is -0.384. The van der Waals surface area contributed by atoms with Crippen LogP contribution in [-0.2, 0) is 4.74 Å². The van der Waals surface area contributed by atoms with Gasteiger partial charge < -0.3 is 35.2 Å². The number of aliphatic hydroxyl groups is 4. The maximum atomic E-state index is 10.9.